The Morgan fingerprint density at radius 3 is 2.66 bits per heavy atom. The number of benzene rings is 1. The van der Waals surface area contributed by atoms with E-state index < -0.39 is 5.97 Å². The van der Waals surface area contributed by atoms with Crippen molar-refractivity contribution in [3.05, 3.63) is 63.1 Å². The van der Waals surface area contributed by atoms with Crippen LogP contribution in [0.15, 0.2) is 56.9 Å². The fraction of sp³-hybridized carbons (Fsp3) is 0.136. The maximum absolute atomic E-state index is 12.6. The molecule has 1 amide bonds. The number of thiazole rings is 1. The number of carbonyl (C=O) groups is 2. The van der Waals surface area contributed by atoms with Crippen LogP contribution in [0.25, 0.3) is 21.7 Å². The van der Waals surface area contributed by atoms with Crippen molar-refractivity contribution in [2.75, 3.05) is 17.7 Å². The van der Waals surface area contributed by atoms with Crippen molar-refractivity contribution in [3.63, 3.8) is 0 Å². The first kappa shape index (κ1) is 23.0. The molecule has 0 fully saturated rings. The summed E-state index contributed by atoms with van der Waals surface area (Å²) in [6.45, 7) is 2.03. The predicted octanol–water partition coefficient (Wildman–Crippen LogP) is 7.16. The summed E-state index contributed by atoms with van der Waals surface area (Å²) in [5, 5.41) is 9.82. The molecule has 1 N–H and O–H groups in total. The normalized spacial score (nSPS) is 10.8. The van der Waals surface area contributed by atoms with Gasteiger partial charge in [0.25, 0.3) is 0 Å². The first-order valence-corrected chi connectivity index (χ1v) is 13.5. The first-order valence-electron chi connectivity index (χ1n) is 9.51. The molecule has 32 heavy (non-hydrogen) atoms. The number of hydrogen-bond donors (Lipinski definition) is 1. The van der Waals surface area contributed by atoms with Crippen LogP contribution in [0, 0.1) is 0 Å². The average molecular weight is 521 g/mol. The quantitative estimate of drug-likeness (QED) is 0.197. The molecular weight excluding hydrogens is 504 g/mol. The van der Waals surface area contributed by atoms with Gasteiger partial charge in [0.15, 0.2) is 4.34 Å². The minimum Gasteiger partial charge on any atom is -0.462 e. The van der Waals surface area contributed by atoms with Gasteiger partial charge in [0.1, 0.15) is 10.6 Å². The van der Waals surface area contributed by atoms with Crippen LogP contribution in [-0.2, 0) is 9.53 Å². The third-order valence-corrected chi connectivity index (χ3v) is 8.33. The van der Waals surface area contributed by atoms with Gasteiger partial charge in [0, 0.05) is 31.8 Å². The molecule has 0 bridgehead atoms. The number of ether oxygens (including phenoxy) is 1. The number of carbonyl (C=O) groups excluding carboxylic acids is 2. The van der Waals surface area contributed by atoms with Crippen molar-refractivity contribution in [1.29, 1.82) is 0 Å². The number of aromatic nitrogens is 1. The zero-order valence-corrected chi connectivity index (χ0v) is 20.8. The van der Waals surface area contributed by atoms with Crippen LogP contribution in [-0.4, -0.2) is 29.2 Å². The molecular formula is C22H17ClN2O3S4. The Morgan fingerprint density at radius 1 is 1.12 bits per heavy atom. The number of nitrogens with one attached hydrogen (secondary N) is 1. The third kappa shape index (κ3) is 5.41. The monoisotopic (exact) mass is 520 g/mol. The van der Waals surface area contributed by atoms with Gasteiger partial charge in [0.2, 0.25) is 5.91 Å². The van der Waals surface area contributed by atoms with E-state index in [1.807, 2.05) is 52.5 Å². The standard InChI is InChI=1S/C22H17ClN2O3S4/c1-2-28-21(27)19-15(17-4-3-9-29-17)10-30-20(19)25-18(26)12-32-22-24-16(11-31-22)13-5-7-14(23)8-6-13/h3-11H,2,12H2,1H3,(H,25,26). The number of nitrogens with zero attached hydrogens (tertiary/aromatic N) is 1. The van der Waals surface area contributed by atoms with Crippen molar-refractivity contribution in [2.45, 2.75) is 11.3 Å². The molecule has 5 nitrogen and oxygen atoms in total. The molecule has 1 aromatic carbocycles. The first-order chi connectivity index (χ1) is 15.5. The highest BCUT2D eigenvalue weighted by Gasteiger charge is 2.23. The van der Waals surface area contributed by atoms with Gasteiger partial charge >= 0.3 is 5.97 Å². The molecule has 0 saturated carbocycles. The van der Waals surface area contributed by atoms with Crippen LogP contribution in [0.3, 0.4) is 0 Å². The molecule has 0 saturated heterocycles. The smallest absolute Gasteiger partial charge is 0.341 e. The van der Waals surface area contributed by atoms with Gasteiger partial charge in [-0.15, -0.1) is 34.0 Å². The van der Waals surface area contributed by atoms with E-state index in [1.54, 1.807) is 6.92 Å². The predicted molar refractivity (Wildman–Crippen MR) is 136 cm³/mol. The van der Waals surface area contributed by atoms with Crippen molar-refractivity contribution in [1.82, 2.24) is 4.98 Å². The number of thioether (sulfide) groups is 1. The Bertz CT molecular complexity index is 1220. The molecule has 4 aromatic rings. The van der Waals surface area contributed by atoms with Gasteiger partial charge in [0.05, 0.1) is 18.1 Å². The summed E-state index contributed by atoms with van der Waals surface area (Å²) < 4.78 is 6.02. The number of esters is 1. The summed E-state index contributed by atoms with van der Waals surface area (Å²) in [5.41, 5.74) is 2.99. The Hall–Kier alpha value is -2.17. The van der Waals surface area contributed by atoms with E-state index in [2.05, 4.69) is 10.3 Å². The van der Waals surface area contributed by atoms with Crippen LogP contribution in [0.1, 0.15) is 17.3 Å². The molecule has 10 heteroatoms. The molecule has 164 valence electrons. The van der Waals surface area contributed by atoms with Crippen molar-refractivity contribution in [3.8, 4) is 21.7 Å². The van der Waals surface area contributed by atoms with Gasteiger partial charge in [-0.1, -0.05) is 41.6 Å². The summed E-state index contributed by atoms with van der Waals surface area (Å²) in [4.78, 5) is 30.7. The molecule has 3 heterocycles. The van der Waals surface area contributed by atoms with E-state index in [-0.39, 0.29) is 18.3 Å². The lowest BCUT2D eigenvalue weighted by Gasteiger charge is -2.07. The number of thiophene rings is 2. The second kappa shape index (κ2) is 10.6. The summed E-state index contributed by atoms with van der Waals surface area (Å²) in [7, 11) is 0. The van der Waals surface area contributed by atoms with Crippen LogP contribution >= 0.6 is 57.4 Å². The highest BCUT2D eigenvalue weighted by Crippen LogP contribution is 2.38. The molecule has 0 radical (unpaired) electrons. The summed E-state index contributed by atoms with van der Waals surface area (Å²) in [5.74, 6) is -0.460. The average Bonchev–Trinajstić information content (AvgIpc) is 3.53. The third-order valence-electron chi connectivity index (χ3n) is 4.26. The van der Waals surface area contributed by atoms with Crippen LogP contribution in [0.5, 0.6) is 0 Å². The molecule has 0 atom stereocenters. The van der Waals surface area contributed by atoms with E-state index in [9.17, 15) is 9.59 Å². The number of amides is 1. The fourth-order valence-electron chi connectivity index (χ4n) is 2.84. The van der Waals surface area contributed by atoms with Gasteiger partial charge in [-0.2, -0.15) is 0 Å². The zero-order chi connectivity index (χ0) is 22.5. The second-order valence-electron chi connectivity index (χ2n) is 6.39. The summed E-state index contributed by atoms with van der Waals surface area (Å²) in [6, 6.07) is 11.3. The van der Waals surface area contributed by atoms with Crippen molar-refractivity contribution >= 4 is 74.3 Å². The van der Waals surface area contributed by atoms with Crippen LogP contribution in [0.2, 0.25) is 5.02 Å². The molecule has 0 spiro atoms. The summed E-state index contributed by atoms with van der Waals surface area (Å²) >= 11 is 11.6. The van der Waals surface area contributed by atoms with Gasteiger partial charge in [-0.25, -0.2) is 9.78 Å². The molecule has 0 unspecified atom stereocenters. The molecule has 0 aliphatic carbocycles. The Labute approximate surface area is 206 Å². The molecule has 0 aliphatic heterocycles. The minimum atomic E-state index is -0.437. The van der Waals surface area contributed by atoms with Crippen LogP contribution < -0.4 is 5.32 Å². The Kier molecular flexibility index (Phi) is 7.64. The topological polar surface area (TPSA) is 68.3 Å². The van der Waals surface area contributed by atoms with E-state index >= 15 is 0 Å². The Morgan fingerprint density at radius 2 is 1.94 bits per heavy atom. The highest BCUT2D eigenvalue weighted by molar-refractivity contribution is 8.01. The number of rotatable bonds is 8. The van der Waals surface area contributed by atoms with E-state index in [1.165, 1.54) is 45.8 Å². The number of halogens is 1. The lowest BCUT2D eigenvalue weighted by Crippen LogP contribution is -2.16. The second-order valence-corrected chi connectivity index (χ2v) is 10.7. The van der Waals surface area contributed by atoms with E-state index in [0.29, 0.717) is 15.6 Å². The lowest BCUT2D eigenvalue weighted by molar-refractivity contribution is -0.113. The SMILES string of the molecule is CCOC(=O)c1c(-c2cccs2)csc1NC(=O)CSc1nc(-c2ccc(Cl)cc2)cs1. The van der Waals surface area contributed by atoms with Gasteiger partial charge < -0.3 is 10.1 Å². The molecule has 3 aromatic heterocycles. The molecule has 0 aliphatic rings. The van der Waals surface area contributed by atoms with Crippen molar-refractivity contribution < 1.29 is 14.3 Å². The molecule has 4 rings (SSSR count). The fourth-order valence-corrected chi connectivity index (χ4v) is 6.38. The van der Waals surface area contributed by atoms with Crippen molar-refractivity contribution in [2.24, 2.45) is 0 Å². The van der Waals surface area contributed by atoms with Crippen LogP contribution in [0.4, 0.5) is 5.00 Å². The highest BCUT2D eigenvalue weighted by atomic mass is 35.5. The number of anilines is 1. The Balaban J connectivity index is 1.43. The van der Waals surface area contributed by atoms with Gasteiger partial charge in [-0.3, -0.25) is 4.79 Å². The van der Waals surface area contributed by atoms with E-state index in [4.69, 9.17) is 16.3 Å². The lowest BCUT2D eigenvalue weighted by atomic mass is 10.1. The number of hydrogen-bond acceptors (Lipinski definition) is 8. The van der Waals surface area contributed by atoms with E-state index in [0.717, 1.165) is 26.0 Å². The maximum atomic E-state index is 12.6. The van der Waals surface area contributed by atoms with Gasteiger partial charge in [-0.05, 0) is 30.5 Å². The summed E-state index contributed by atoms with van der Waals surface area (Å²) in [6.07, 6.45) is 0. The zero-order valence-electron chi connectivity index (χ0n) is 16.8. The maximum Gasteiger partial charge on any atom is 0.341 e. The minimum absolute atomic E-state index is 0.183. The largest absolute Gasteiger partial charge is 0.462 e.